The average molecular weight is 534 g/mol. The van der Waals surface area contributed by atoms with Crippen molar-refractivity contribution in [1.29, 1.82) is 0 Å². The van der Waals surface area contributed by atoms with E-state index in [1.54, 1.807) is 54.6 Å². The summed E-state index contributed by atoms with van der Waals surface area (Å²) < 4.78 is 36.0. The normalized spacial score (nSPS) is 15.2. The predicted octanol–water partition coefficient (Wildman–Crippen LogP) is 5.50. The largest absolute Gasteiger partial charge is 0.493 e. The Labute approximate surface area is 225 Å². The Kier molecular flexibility index (Phi) is 8.09. The number of hydrogen-bond donors (Lipinski definition) is 1. The van der Waals surface area contributed by atoms with Gasteiger partial charge in [-0.1, -0.05) is 30.3 Å². The van der Waals surface area contributed by atoms with Crippen molar-refractivity contribution in [1.82, 2.24) is 4.90 Å². The SMILES string of the molecule is CCOc1ccccc1C(=O)Nc1ccc(C(=O)N2CCC(F)(F)/C(=C\C(=O)N(C)C)c3ccccc32)cc1. The van der Waals surface area contributed by atoms with Crippen LogP contribution in [0.25, 0.3) is 5.57 Å². The zero-order chi connectivity index (χ0) is 28.2. The van der Waals surface area contributed by atoms with E-state index in [1.807, 2.05) is 6.92 Å². The number of carbonyl (C=O) groups excluding carboxylic acids is 3. The number of rotatable bonds is 6. The first kappa shape index (κ1) is 27.5. The van der Waals surface area contributed by atoms with Gasteiger partial charge in [0.15, 0.2) is 0 Å². The minimum atomic E-state index is -3.32. The van der Waals surface area contributed by atoms with Crippen molar-refractivity contribution < 1.29 is 27.9 Å². The number of nitrogens with one attached hydrogen (secondary N) is 1. The van der Waals surface area contributed by atoms with Crippen LogP contribution >= 0.6 is 0 Å². The number of anilines is 2. The third kappa shape index (κ3) is 5.98. The Hall–Kier alpha value is -4.53. The van der Waals surface area contributed by atoms with Crippen molar-refractivity contribution in [2.75, 3.05) is 37.5 Å². The lowest BCUT2D eigenvalue weighted by molar-refractivity contribution is -0.123. The van der Waals surface area contributed by atoms with Crippen LogP contribution in [-0.2, 0) is 4.79 Å². The van der Waals surface area contributed by atoms with Gasteiger partial charge in [-0.2, -0.15) is 0 Å². The molecule has 0 atom stereocenters. The maximum atomic E-state index is 15.2. The van der Waals surface area contributed by atoms with Gasteiger partial charge in [0.1, 0.15) is 5.75 Å². The van der Waals surface area contributed by atoms with Gasteiger partial charge < -0.3 is 19.9 Å². The molecule has 0 unspecified atom stereocenters. The van der Waals surface area contributed by atoms with E-state index in [0.29, 0.717) is 29.3 Å². The second kappa shape index (κ2) is 11.5. The van der Waals surface area contributed by atoms with Gasteiger partial charge in [-0.3, -0.25) is 14.4 Å². The average Bonchev–Trinajstić information content (AvgIpc) is 3.03. The van der Waals surface area contributed by atoms with Crippen molar-refractivity contribution in [3.63, 3.8) is 0 Å². The first-order valence-electron chi connectivity index (χ1n) is 12.5. The van der Waals surface area contributed by atoms with Crippen LogP contribution in [-0.4, -0.2) is 55.8 Å². The number of benzene rings is 3. The van der Waals surface area contributed by atoms with E-state index in [-0.39, 0.29) is 23.6 Å². The molecule has 1 N–H and O–H groups in total. The second-order valence-corrected chi connectivity index (χ2v) is 9.18. The van der Waals surface area contributed by atoms with E-state index in [4.69, 9.17) is 4.74 Å². The highest BCUT2D eigenvalue weighted by atomic mass is 19.3. The summed E-state index contributed by atoms with van der Waals surface area (Å²) in [6.07, 6.45) is 0.293. The minimum absolute atomic E-state index is 0.125. The maximum absolute atomic E-state index is 15.2. The number of hydrogen-bond acceptors (Lipinski definition) is 4. The van der Waals surface area contributed by atoms with E-state index in [0.717, 1.165) is 6.08 Å². The molecule has 1 aliphatic rings. The highest BCUT2D eigenvalue weighted by Gasteiger charge is 2.41. The van der Waals surface area contributed by atoms with Crippen LogP contribution in [0.4, 0.5) is 20.2 Å². The quantitative estimate of drug-likeness (QED) is 0.425. The van der Waals surface area contributed by atoms with Crippen LogP contribution in [0.15, 0.2) is 78.9 Å². The number of carbonyl (C=O) groups is 3. The molecule has 9 heteroatoms. The number of halogens is 2. The molecular weight excluding hydrogens is 504 g/mol. The fraction of sp³-hybridized carbons (Fsp3) is 0.233. The first-order valence-corrected chi connectivity index (χ1v) is 12.5. The van der Waals surface area contributed by atoms with Crippen molar-refractivity contribution in [2.24, 2.45) is 0 Å². The van der Waals surface area contributed by atoms with Crippen molar-refractivity contribution in [2.45, 2.75) is 19.3 Å². The zero-order valence-electron chi connectivity index (χ0n) is 21.9. The number of alkyl halides is 2. The molecule has 0 saturated heterocycles. The number of para-hydroxylation sites is 2. The number of allylic oxidation sites excluding steroid dienone is 1. The molecule has 0 fully saturated rings. The Morgan fingerprint density at radius 3 is 2.36 bits per heavy atom. The smallest absolute Gasteiger partial charge is 0.275 e. The Bertz CT molecular complexity index is 1420. The van der Waals surface area contributed by atoms with Gasteiger partial charge in [-0.15, -0.1) is 0 Å². The molecule has 0 radical (unpaired) electrons. The summed E-state index contributed by atoms with van der Waals surface area (Å²) in [7, 11) is 2.97. The molecule has 0 aromatic heterocycles. The summed E-state index contributed by atoms with van der Waals surface area (Å²) in [6.45, 7) is 1.99. The van der Waals surface area contributed by atoms with Crippen LogP contribution in [0.5, 0.6) is 5.75 Å². The summed E-state index contributed by atoms with van der Waals surface area (Å²) in [5.74, 6) is -4.27. The molecule has 202 valence electrons. The van der Waals surface area contributed by atoms with Gasteiger partial charge in [-0.25, -0.2) is 8.78 Å². The van der Waals surface area contributed by atoms with Gasteiger partial charge >= 0.3 is 0 Å². The number of ether oxygens (including phenoxy) is 1. The van der Waals surface area contributed by atoms with Gasteiger partial charge in [0.2, 0.25) is 5.91 Å². The van der Waals surface area contributed by atoms with E-state index < -0.39 is 29.7 Å². The number of amides is 3. The number of likely N-dealkylation sites (N-methyl/N-ethyl adjacent to an activating group) is 1. The second-order valence-electron chi connectivity index (χ2n) is 9.18. The Morgan fingerprint density at radius 1 is 1.00 bits per heavy atom. The molecule has 39 heavy (non-hydrogen) atoms. The molecule has 0 aliphatic carbocycles. The molecule has 7 nitrogen and oxygen atoms in total. The van der Waals surface area contributed by atoms with Crippen LogP contribution in [0.1, 0.15) is 39.6 Å². The van der Waals surface area contributed by atoms with Crippen molar-refractivity contribution >= 4 is 34.7 Å². The lowest BCUT2D eigenvalue weighted by Crippen LogP contribution is -2.33. The van der Waals surface area contributed by atoms with E-state index in [2.05, 4.69) is 5.32 Å². The van der Waals surface area contributed by atoms with Crippen LogP contribution in [0, 0.1) is 0 Å². The zero-order valence-corrected chi connectivity index (χ0v) is 21.9. The van der Waals surface area contributed by atoms with Crippen LogP contribution in [0.3, 0.4) is 0 Å². The molecule has 1 aliphatic heterocycles. The van der Waals surface area contributed by atoms with Crippen LogP contribution in [0.2, 0.25) is 0 Å². The van der Waals surface area contributed by atoms with Gasteiger partial charge in [-0.05, 0) is 49.4 Å². The van der Waals surface area contributed by atoms with Gasteiger partial charge in [0.25, 0.3) is 17.7 Å². The van der Waals surface area contributed by atoms with Crippen LogP contribution < -0.4 is 15.0 Å². The van der Waals surface area contributed by atoms with E-state index in [1.165, 1.54) is 42.1 Å². The lowest BCUT2D eigenvalue weighted by atomic mass is 9.97. The summed E-state index contributed by atoms with van der Waals surface area (Å²) >= 11 is 0. The molecule has 4 rings (SSSR count). The van der Waals surface area contributed by atoms with Crippen molar-refractivity contribution in [3.8, 4) is 5.75 Å². The third-order valence-electron chi connectivity index (χ3n) is 6.30. The Morgan fingerprint density at radius 2 is 1.67 bits per heavy atom. The molecular formula is C30H29F2N3O4. The summed E-state index contributed by atoms with van der Waals surface area (Å²) in [5.41, 5.74) is 1.09. The highest BCUT2D eigenvalue weighted by molar-refractivity contribution is 6.10. The third-order valence-corrected chi connectivity index (χ3v) is 6.30. The van der Waals surface area contributed by atoms with Crippen molar-refractivity contribution in [3.05, 3.63) is 95.6 Å². The molecule has 3 aromatic rings. The molecule has 0 bridgehead atoms. The molecule has 3 amide bonds. The summed E-state index contributed by atoms with van der Waals surface area (Å²) in [5, 5.41) is 2.79. The standard InChI is InChI=1S/C30H29F2N3O4/c1-4-39-26-12-8-6-10-23(26)28(37)33-21-15-13-20(14-16-21)29(38)35-18-17-30(31,32)24(19-27(36)34(2)3)22-9-5-7-11-25(22)35/h5-16,19H,4,17-18H2,1-3H3,(H,33,37)/b24-19-. The molecule has 0 spiro atoms. The molecule has 1 heterocycles. The minimum Gasteiger partial charge on any atom is -0.493 e. The number of nitrogens with zero attached hydrogens (tertiary/aromatic N) is 2. The monoisotopic (exact) mass is 533 g/mol. The lowest BCUT2D eigenvalue weighted by Gasteiger charge is -2.23. The van der Waals surface area contributed by atoms with Gasteiger partial charge in [0, 0.05) is 55.5 Å². The first-order chi connectivity index (χ1) is 18.6. The fourth-order valence-electron chi connectivity index (χ4n) is 4.27. The maximum Gasteiger partial charge on any atom is 0.275 e. The van der Waals surface area contributed by atoms with E-state index in [9.17, 15) is 14.4 Å². The number of fused-ring (bicyclic) bond motifs is 1. The summed E-state index contributed by atoms with van der Waals surface area (Å²) in [4.78, 5) is 41.1. The topological polar surface area (TPSA) is 79.0 Å². The Balaban J connectivity index is 1.60. The molecule has 3 aromatic carbocycles. The predicted molar refractivity (Wildman–Crippen MR) is 146 cm³/mol. The fourth-order valence-corrected chi connectivity index (χ4v) is 4.27. The van der Waals surface area contributed by atoms with E-state index >= 15 is 8.78 Å². The summed E-state index contributed by atoms with van der Waals surface area (Å²) in [6, 6.07) is 19.4. The van der Waals surface area contributed by atoms with Gasteiger partial charge in [0.05, 0.1) is 17.9 Å². The highest BCUT2D eigenvalue weighted by Crippen LogP contribution is 2.43. The molecule has 0 saturated carbocycles.